The van der Waals surface area contributed by atoms with E-state index >= 15 is 0 Å². The molecule has 90 valence electrons. The van der Waals surface area contributed by atoms with Crippen LogP contribution in [-0.4, -0.2) is 27.3 Å². The van der Waals surface area contributed by atoms with E-state index in [1.807, 2.05) is 0 Å². The number of nitrogen functional groups attached to an aromatic ring is 1. The molecule has 0 aromatic heterocycles. The SMILES string of the molecule is COc1cc(N)c(OCC(F)F)cc1OC. The first kappa shape index (κ1) is 12.4. The molecule has 0 saturated carbocycles. The first-order valence-electron chi connectivity index (χ1n) is 4.51. The molecule has 0 bridgehead atoms. The lowest BCUT2D eigenvalue weighted by atomic mass is 10.2. The summed E-state index contributed by atoms with van der Waals surface area (Å²) in [6.45, 7) is -0.709. The minimum absolute atomic E-state index is 0.151. The smallest absolute Gasteiger partial charge is 0.272 e. The summed E-state index contributed by atoms with van der Waals surface area (Å²) in [6, 6.07) is 2.87. The number of methoxy groups -OCH3 is 2. The number of anilines is 1. The summed E-state index contributed by atoms with van der Waals surface area (Å²) in [4.78, 5) is 0. The van der Waals surface area contributed by atoms with Gasteiger partial charge in [0.2, 0.25) is 0 Å². The number of halogens is 2. The van der Waals surface area contributed by atoms with E-state index in [4.69, 9.17) is 19.9 Å². The van der Waals surface area contributed by atoms with Crippen molar-refractivity contribution in [1.29, 1.82) is 0 Å². The second-order valence-corrected chi connectivity index (χ2v) is 2.95. The van der Waals surface area contributed by atoms with Crippen molar-refractivity contribution in [3.8, 4) is 17.2 Å². The van der Waals surface area contributed by atoms with Crippen molar-refractivity contribution in [1.82, 2.24) is 0 Å². The number of ether oxygens (including phenoxy) is 3. The molecule has 1 aromatic rings. The van der Waals surface area contributed by atoms with Crippen LogP contribution < -0.4 is 19.9 Å². The Morgan fingerprint density at radius 3 is 2.19 bits per heavy atom. The van der Waals surface area contributed by atoms with Crippen LogP contribution in [0.1, 0.15) is 0 Å². The van der Waals surface area contributed by atoms with Crippen LogP contribution in [0.2, 0.25) is 0 Å². The van der Waals surface area contributed by atoms with Crippen molar-refractivity contribution in [2.75, 3.05) is 26.6 Å². The first-order chi connectivity index (χ1) is 7.58. The van der Waals surface area contributed by atoms with E-state index in [-0.39, 0.29) is 11.4 Å². The van der Waals surface area contributed by atoms with Gasteiger partial charge < -0.3 is 19.9 Å². The van der Waals surface area contributed by atoms with Crippen LogP contribution in [0.25, 0.3) is 0 Å². The van der Waals surface area contributed by atoms with Gasteiger partial charge >= 0.3 is 0 Å². The summed E-state index contributed by atoms with van der Waals surface area (Å²) in [5.74, 6) is 0.948. The van der Waals surface area contributed by atoms with E-state index in [0.717, 1.165) is 0 Å². The van der Waals surface area contributed by atoms with Crippen molar-refractivity contribution in [2.45, 2.75) is 6.43 Å². The predicted octanol–water partition coefficient (Wildman–Crippen LogP) is 1.93. The third-order valence-electron chi connectivity index (χ3n) is 1.88. The van der Waals surface area contributed by atoms with Gasteiger partial charge in [-0.3, -0.25) is 0 Å². The van der Waals surface area contributed by atoms with Crippen LogP contribution in [0.4, 0.5) is 14.5 Å². The van der Waals surface area contributed by atoms with Crippen molar-refractivity contribution >= 4 is 5.69 Å². The van der Waals surface area contributed by atoms with Crippen molar-refractivity contribution < 1.29 is 23.0 Å². The van der Waals surface area contributed by atoms with Crippen LogP contribution >= 0.6 is 0 Å². The normalized spacial score (nSPS) is 10.3. The maximum absolute atomic E-state index is 12.0. The second-order valence-electron chi connectivity index (χ2n) is 2.95. The Balaban J connectivity index is 2.92. The van der Waals surface area contributed by atoms with Gasteiger partial charge in [-0.05, 0) is 0 Å². The molecule has 4 nitrogen and oxygen atoms in total. The van der Waals surface area contributed by atoms with Crippen molar-refractivity contribution in [2.24, 2.45) is 0 Å². The van der Waals surface area contributed by atoms with Crippen LogP contribution in [0.5, 0.6) is 17.2 Å². The third-order valence-corrected chi connectivity index (χ3v) is 1.88. The number of nitrogens with two attached hydrogens (primary N) is 1. The second kappa shape index (κ2) is 5.39. The molecule has 0 aliphatic heterocycles. The van der Waals surface area contributed by atoms with E-state index < -0.39 is 13.0 Å². The van der Waals surface area contributed by atoms with E-state index in [0.29, 0.717) is 11.5 Å². The van der Waals surface area contributed by atoms with Crippen molar-refractivity contribution in [3.63, 3.8) is 0 Å². The molecule has 0 unspecified atom stereocenters. The third kappa shape index (κ3) is 2.88. The molecule has 0 aliphatic carbocycles. The predicted molar refractivity (Wildman–Crippen MR) is 55.5 cm³/mol. The highest BCUT2D eigenvalue weighted by atomic mass is 19.3. The lowest BCUT2D eigenvalue weighted by molar-refractivity contribution is 0.0821. The van der Waals surface area contributed by atoms with E-state index in [1.165, 1.54) is 26.4 Å². The molecule has 1 aromatic carbocycles. The minimum atomic E-state index is -2.55. The summed E-state index contributed by atoms with van der Waals surface area (Å²) in [7, 11) is 2.89. The largest absolute Gasteiger partial charge is 0.493 e. The van der Waals surface area contributed by atoms with Crippen molar-refractivity contribution in [3.05, 3.63) is 12.1 Å². The fraction of sp³-hybridized carbons (Fsp3) is 0.400. The summed E-state index contributed by atoms with van der Waals surface area (Å²) in [6.07, 6.45) is -2.55. The van der Waals surface area contributed by atoms with Gasteiger partial charge in [-0.1, -0.05) is 0 Å². The maximum atomic E-state index is 12.0. The van der Waals surface area contributed by atoms with Gasteiger partial charge in [-0.2, -0.15) is 0 Å². The van der Waals surface area contributed by atoms with Gasteiger partial charge in [0, 0.05) is 12.1 Å². The standard InChI is InChI=1S/C10H13F2NO3/c1-14-8-3-6(13)7(4-9(8)15-2)16-5-10(11)12/h3-4,10H,5,13H2,1-2H3. The zero-order valence-electron chi connectivity index (χ0n) is 9.00. The van der Waals surface area contributed by atoms with E-state index in [2.05, 4.69) is 0 Å². The Labute approximate surface area is 91.9 Å². The molecular weight excluding hydrogens is 220 g/mol. The monoisotopic (exact) mass is 233 g/mol. The number of alkyl halides is 2. The van der Waals surface area contributed by atoms with Crippen LogP contribution in [0, 0.1) is 0 Å². The maximum Gasteiger partial charge on any atom is 0.272 e. The summed E-state index contributed by atoms with van der Waals surface area (Å²) >= 11 is 0. The molecule has 2 N–H and O–H groups in total. The zero-order chi connectivity index (χ0) is 12.1. The topological polar surface area (TPSA) is 53.7 Å². The van der Waals surface area contributed by atoms with Crippen LogP contribution in [0.3, 0.4) is 0 Å². The molecule has 16 heavy (non-hydrogen) atoms. The first-order valence-corrected chi connectivity index (χ1v) is 4.51. The van der Waals surface area contributed by atoms with Crippen LogP contribution in [-0.2, 0) is 0 Å². The summed E-state index contributed by atoms with van der Waals surface area (Å²) in [5.41, 5.74) is 5.82. The van der Waals surface area contributed by atoms with Gasteiger partial charge in [-0.15, -0.1) is 0 Å². The highest BCUT2D eigenvalue weighted by molar-refractivity contribution is 5.61. The summed E-state index contributed by atoms with van der Waals surface area (Å²) in [5, 5.41) is 0. The van der Waals surface area contributed by atoms with Gasteiger partial charge in [0.25, 0.3) is 6.43 Å². The van der Waals surface area contributed by atoms with Gasteiger partial charge in [0.15, 0.2) is 11.5 Å². The number of benzene rings is 1. The molecule has 6 heteroatoms. The summed E-state index contributed by atoms with van der Waals surface area (Å²) < 4.78 is 38.7. The average molecular weight is 233 g/mol. The Morgan fingerprint density at radius 2 is 1.69 bits per heavy atom. The number of hydrogen-bond acceptors (Lipinski definition) is 4. The molecule has 0 spiro atoms. The van der Waals surface area contributed by atoms with Gasteiger partial charge in [0.1, 0.15) is 12.4 Å². The molecule has 0 radical (unpaired) electrons. The zero-order valence-corrected chi connectivity index (χ0v) is 9.00. The highest BCUT2D eigenvalue weighted by Crippen LogP contribution is 2.36. The van der Waals surface area contributed by atoms with Crippen LogP contribution in [0.15, 0.2) is 12.1 Å². The van der Waals surface area contributed by atoms with Gasteiger partial charge in [0.05, 0.1) is 19.9 Å². The van der Waals surface area contributed by atoms with Gasteiger partial charge in [-0.25, -0.2) is 8.78 Å². The molecule has 0 heterocycles. The lowest BCUT2D eigenvalue weighted by Gasteiger charge is -2.13. The molecule has 0 aliphatic rings. The fourth-order valence-electron chi connectivity index (χ4n) is 1.15. The molecule has 0 fully saturated rings. The van der Waals surface area contributed by atoms with E-state index in [9.17, 15) is 8.78 Å². The molecule has 1 rings (SSSR count). The lowest BCUT2D eigenvalue weighted by Crippen LogP contribution is -2.08. The minimum Gasteiger partial charge on any atom is -0.493 e. The molecular formula is C10H13F2NO3. The quantitative estimate of drug-likeness (QED) is 0.789. The number of hydrogen-bond donors (Lipinski definition) is 1. The van der Waals surface area contributed by atoms with E-state index in [1.54, 1.807) is 0 Å². The Hall–Kier alpha value is -1.72. The molecule has 0 saturated heterocycles. The average Bonchev–Trinajstić information content (AvgIpc) is 2.26. The Morgan fingerprint density at radius 1 is 1.12 bits per heavy atom. The highest BCUT2D eigenvalue weighted by Gasteiger charge is 2.11. The Kier molecular flexibility index (Phi) is 4.16. The molecule has 0 amide bonds. The molecule has 0 atom stereocenters. The Bertz CT molecular complexity index is 358. The number of rotatable bonds is 5. The fourth-order valence-corrected chi connectivity index (χ4v) is 1.15.